The van der Waals surface area contributed by atoms with E-state index in [0.717, 1.165) is 18.7 Å². The van der Waals surface area contributed by atoms with Crippen LogP contribution in [0.2, 0.25) is 0 Å². The lowest BCUT2D eigenvalue weighted by molar-refractivity contribution is 0.0835. The predicted octanol–water partition coefficient (Wildman–Crippen LogP) is 0.599. The van der Waals surface area contributed by atoms with Crippen molar-refractivity contribution in [3.05, 3.63) is 18.3 Å². The lowest BCUT2D eigenvalue weighted by Gasteiger charge is -2.32. The van der Waals surface area contributed by atoms with Crippen LogP contribution in [-0.2, 0) is 0 Å². The SMILES string of the molecule is Nc1ccnc(NC2CC(O)C2)c1. The van der Waals surface area contributed by atoms with Gasteiger partial charge < -0.3 is 16.2 Å². The molecule has 13 heavy (non-hydrogen) atoms. The van der Waals surface area contributed by atoms with E-state index < -0.39 is 0 Å². The Hall–Kier alpha value is -1.29. The van der Waals surface area contributed by atoms with E-state index in [1.54, 1.807) is 18.3 Å². The quantitative estimate of drug-likeness (QED) is 0.621. The summed E-state index contributed by atoms with van der Waals surface area (Å²) in [4.78, 5) is 4.11. The minimum atomic E-state index is -0.140. The summed E-state index contributed by atoms with van der Waals surface area (Å²) in [5, 5.41) is 12.3. The zero-order valence-electron chi connectivity index (χ0n) is 7.27. The molecule has 2 rings (SSSR count). The number of pyridine rings is 1. The van der Waals surface area contributed by atoms with Crippen molar-refractivity contribution >= 4 is 11.5 Å². The summed E-state index contributed by atoms with van der Waals surface area (Å²) in [5.74, 6) is 0.789. The van der Waals surface area contributed by atoms with E-state index in [4.69, 9.17) is 10.8 Å². The van der Waals surface area contributed by atoms with Gasteiger partial charge in [-0.3, -0.25) is 0 Å². The molecule has 0 saturated heterocycles. The fourth-order valence-electron chi connectivity index (χ4n) is 1.44. The average Bonchev–Trinajstić information content (AvgIpc) is 2.01. The number of aliphatic hydroxyl groups is 1. The van der Waals surface area contributed by atoms with Crippen LogP contribution in [0.15, 0.2) is 18.3 Å². The molecule has 0 aliphatic heterocycles. The van der Waals surface area contributed by atoms with Crippen LogP contribution < -0.4 is 11.1 Å². The fourth-order valence-corrected chi connectivity index (χ4v) is 1.44. The number of nitrogen functional groups attached to an aromatic ring is 1. The van der Waals surface area contributed by atoms with Crippen molar-refractivity contribution in [3.63, 3.8) is 0 Å². The molecular formula is C9H13N3O. The van der Waals surface area contributed by atoms with Gasteiger partial charge >= 0.3 is 0 Å². The van der Waals surface area contributed by atoms with Gasteiger partial charge in [-0.15, -0.1) is 0 Å². The van der Waals surface area contributed by atoms with E-state index in [0.29, 0.717) is 11.7 Å². The lowest BCUT2D eigenvalue weighted by atomic mass is 9.89. The maximum absolute atomic E-state index is 9.07. The van der Waals surface area contributed by atoms with Crippen molar-refractivity contribution < 1.29 is 5.11 Å². The third-order valence-corrected chi connectivity index (χ3v) is 2.25. The molecule has 0 radical (unpaired) electrons. The topological polar surface area (TPSA) is 71.2 Å². The summed E-state index contributed by atoms with van der Waals surface area (Å²) in [5.41, 5.74) is 6.30. The second kappa shape index (κ2) is 3.22. The molecule has 0 amide bonds. The minimum absolute atomic E-state index is 0.140. The van der Waals surface area contributed by atoms with E-state index >= 15 is 0 Å². The molecule has 1 aliphatic carbocycles. The number of anilines is 2. The normalized spacial score (nSPS) is 26.5. The van der Waals surface area contributed by atoms with Crippen molar-refractivity contribution in [1.29, 1.82) is 0 Å². The molecule has 0 atom stereocenters. The van der Waals surface area contributed by atoms with Crippen molar-refractivity contribution in [1.82, 2.24) is 4.98 Å². The molecule has 0 unspecified atom stereocenters. The first kappa shape index (κ1) is 8.31. The Morgan fingerprint density at radius 2 is 2.31 bits per heavy atom. The fraction of sp³-hybridized carbons (Fsp3) is 0.444. The number of aromatic nitrogens is 1. The molecule has 4 nitrogen and oxygen atoms in total. The molecule has 70 valence electrons. The first-order valence-electron chi connectivity index (χ1n) is 4.40. The lowest BCUT2D eigenvalue weighted by Crippen LogP contribution is -2.39. The second-order valence-electron chi connectivity index (χ2n) is 3.44. The summed E-state index contributed by atoms with van der Waals surface area (Å²) in [7, 11) is 0. The zero-order valence-corrected chi connectivity index (χ0v) is 7.27. The summed E-state index contributed by atoms with van der Waals surface area (Å²) >= 11 is 0. The zero-order chi connectivity index (χ0) is 9.26. The first-order chi connectivity index (χ1) is 6.24. The third-order valence-electron chi connectivity index (χ3n) is 2.25. The van der Waals surface area contributed by atoms with Crippen LogP contribution >= 0.6 is 0 Å². The van der Waals surface area contributed by atoms with Crippen molar-refractivity contribution in [2.45, 2.75) is 25.0 Å². The van der Waals surface area contributed by atoms with Crippen molar-refractivity contribution in [2.24, 2.45) is 0 Å². The largest absolute Gasteiger partial charge is 0.399 e. The second-order valence-corrected chi connectivity index (χ2v) is 3.44. The highest BCUT2D eigenvalue weighted by molar-refractivity contribution is 5.49. The van der Waals surface area contributed by atoms with Gasteiger partial charge in [0.05, 0.1) is 6.10 Å². The van der Waals surface area contributed by atoms with E-state index in [9.17, 15) is 0 Å². The van der Waals surface area contributed by atoms with Gasteiger partial charge in [0.25, 0.3) is 0 Å². The standard InChI is InChI=1S/C9H13N3O/c10-6-1-2-11-9(3-6)12-7-4-8(13)5-7/h1-3,7-8,13H,4-5H2,(H3,10,11,12). The van der Waals surface area contributed by atoms with Gasteiger partial charge in [-0.05, 0) is 18.9 Å². The Bertz CT molecular complexity index is 297. The Balaban J connectivity index is 1.94. The molecule has 0 spiro atoms. The van der Waals surface area contributed by atoms with Crippen LogP contribution in [0, 0.1) is 0 Å². The van der Waals surface area contributed by atoms with Crippen molar-refractivity contribution in [2.75, 3.05) is 11.1 Å². The molecule has 1 aliphatic rings. The maximum Gasteiger partial charge on any atom is 0.128 e. The van der Waals surface area contributed by atoms with Crippen molar-refractivity contribution in [3.8, 4) is 0 Å². The number of hydrogen-bond acceptors (Lipinski definition) is 4. The molecule has 1 heterocycles. The summed E-state index contributed by atoms with van der Waals surface area (Å²) in [6, 6.07) is 3.90. The smallest absolute Gasteiger partial charge is 0.128 e. The van der Waals surface area contributed by atoms with Gasteiger partial charge in [0.15, 0.2) is 0 Å². The molecule has 1 saturated carbocycles. The molecule has 0 aromatic carbocycles. The highest BCUT2D eigenvalue weighted by atomic mass is 16.3. The summed E-state index contributed by atoms with van der Waals surface area (Å²) in [6.07, 6.45) is 3.14. The monoisotopic (exact) mass is 179 g/mol. The van der Waals surface area contributed by atoms with E-state index in [1.165, 1.54) is 0 Å². The molecule has 4 N–H and O–H groups in total. The van der Waals surface area contributed by atoms with Crippen LogP contribution in [0.5, 0.6) is 0 Å². The van der Waals surface area contributed by atoms with E-state index in [-0.39, 0.29) is 6.10 Å². The molecule has 4 heteroatoms. The molecular weight excluding hydrogens is 166 g/mol. The Kier molecular flexibility index (Phi) is 2.06. The van der Waals surface area contributed by atoms with Crippen LogP contribution in [-0.4, -0.2) is 22.2 Å². The third kappa shape index (κ3) is 1.89. The van der Waals surface area contributed by atoms with Gasteiger partial charge in [-0.25, -0.2) is 4.98 Å². The molecule has 1 aromatic rings. The number of nitrogens with two attached hydrogens (primary N) is 1. The number of rotatable bonds is 2. The minimum Gasteiger partial charge on any atom is -0.399 e. The van der Waals surface area contributed by atoms with Gasteiger partial charge in [-0.1, -0.05) is 0 Å². The number of nitrogens with zero attached hydrogens (tertiary/aromatic N) is 1. The molecule has 1 fully saturated rings. The Morgan fingerprint density at radius 1 is 1.54 bits per heavy atom. The summed E-state index contributed by atoms with van der Waals surface area (Å²) in [6.45, 7) is 0. The van der Waals surface area contributed by atoms with E-state index in [1.807, 2.05) is 0 Å². The summed E-state index contributed by atoms with van der Waals surface area (Å²) < 4.78 is 0. The van der Waals surface area contributed by atoms with Crippen LogP contribution in [0.1, 0.15) is 12.8 Å². The van der Waals surface area contributed by atoms with Crippen LogP contribution in [0.3, 0.4) is 0 Å². The van der Waals surface area contributed by atoms with Gasteiger partial charge in [0.1, 0.15) is 5.82 Å². The number of hydrogen-bond donors (Lipinski definition) is 3. The number of nitrogens with one attached hydrogen (secondary N) is 1. The van der Waals surface area contributed by atoms with Gasteiger partial charge in [0, 0.05) is 24.0 Å². The Morgan fingerprint density at radius 3 is 2.92 bits per heavy atom. The highest BCUT2D eigenvalue weighted by Gasteiger charge is 2.26. The highest BCUT2D eigenvalue weighted by Crippen LogP contribution is 2.23. The molecule has 1 aromatic heterocycles. The maximum atomic E-state index is 9.07. The van der Waals surface area contributed by atoms with Gasteiger partial charge in [-0.2, -0.15) is 0 Å². The Labute approximate surface area is 76.8 Å². The number of aliphatic hydroxyl groups excluding tert-OH is 1. The van der Waals surface area contributed by atoms with Gasteiger partial charge in [0.2, 0.25) is 0 Å². The first-order valence-corrected chi connectivity index (χ1v) is 4.40. The van der Waals surface area contributed by atoms with E-state index in [2.05, 4.69) is 10.3 Å². The predicted molar refractivity (Wildman–Crippen MR) is 51.3 cm³/mol. The molecule has 0 bridgehead atoms. The average molecular weight is 179 g/mol. The van der Waals surface area contributed by atoms with Crippen LogP contribution in [0.25, 0.3) is 0 Å². The van der Waals surface area contributed by atoms with Crippen LogP contribution in [0.4, 0.5) is 11.5 Å².